The van der Waals surface area contributed by atoms with Gasteiger partial charge in [0.25, 0.3) is 0 Å². The summed E-state index contributed by atoms with van der Waals surface area (Å²) in [6, 6.07) is 14.2. The predicted octanol–water partition coefficient (Wildman–Crippen LogP) is 3.04. The van der Waals surface area contributed by atoms with Gasteiger partial charge >= 0.3 is 0 Å². The summed E-state index contributed by atoms with van der Waals surface area (Å²) < 4.78 is 1.71. The SMILES string of the molecule is Cc1nn(C)c(C)c1NC(=O)CNC(=O)CSc1ccc2ccccc2c1. The average molecular weight is 382 g/mol. The lowest BCUT2D eigenvalue weighted by Gasteiger charge is -2.08. The Bertz CT molecular complexity index is 997. The molecule has 0 aliphatic rings. The lowest BCUT2D eigenvalue weighted by Crippen LogP contribution is -2.34. The molecule has 0 bridgehead atoms. The molecule has 2 amide bonds. The van der Waals surface area contributed by atoms with Gasteiger partial charge in [-0.3, -0.25) is 14.3 Å². The number of thioether (sulfide) groups is 1. The highest BCUT2D eigenvalue weighted by Gasteiger charge is 2.13. The maximum absolute atomic E-state index is 12.1. The molecule has 0 unspecified atom stereocenters. The minimum absolute atomic E-state index is 0.0646. The van der Waals surface area contributed by atoms with Gasteiger partial charge < -0.3 is 10.6 Å². The zero-order valence-electron chi connectivity index (χ0n) is 15.6. The minimum atomic E-state index is -0.266. The van der Waals surface area contributed by atoms with Crippen molar-refractivity contribution in [1.82, 2.24) is 15.1 Å². The number of fused-ring (bicyclic) bond motifs is 1. The molecule has 0 spiro atoms. The first-order chi connectivity index (χ1) is 12.9. The van der Waals surface area contributed by atoms with Crippen LogP contribution in [-0.4, -0.2) is 33.9 Å². The number of amides is 2. The Hall–Kier alpha value is -2.80. The second kappa shape index (κ2) is 8.26. The van der Waals surface area contributed by atoms with Crippen molar-refractivity contribution in [3.8, 4) is 0 Å². The Labute approximate surface area is 162 Å². The summed E-state index contributed by atoms with van der Waals surface area (Å²) in [7, 11) is 1.82. The first-order valence-corrected chi connectivity index (χ1v) is 9.61. The van der Waals surface area contributed by atoms with E-state index in [4.69, 9.17) is 0 Å². The van der Waals surface area contributed by atoms with Crippen LogP contribution in [0, 0.1) is 13.8 Å². The largest absolute Gasteiger partial charge is 0.346 e. The number of aromatic nitrogens is 2. The third kappa shape index (κ3) is 4.68. The van der Waals surface area contributed by atoms with Crippen molar-refractivity contribution in [3.63, 3.8) is 0 Å². The highest BCUT2D eigenvalue weighted by Crippen LogP contribution is 2.23. The summed E-state index contributed by atoms with van der Waals surface area (Å²) in [5.41, 5.74) is 2.32. The number of nitrogens with one attached hydrogen (secondary N) is 2. The van der Waals surface area contributed by atoms with Gasteiger partial charge in [-0.15, -0.1) is 11.8 Å². The zero-order valence-corrected chi connectivity index (χ0v) is 16.4. The molecule has 0 atom stereocenters. The van der Waals surface area contributed by atoms with E-state index in [-0.39, 0.29) is 24.1 Å². The Balaban J connectivity index is 1.48. The second-order valence-corrected chi connectivity index (χ2v) is 7.34. The first-order valence-electron chi connectivity index (χ1n) is 8.62. The molecule has 6 nitrogen and oxygen atoms in total. The van der Waals surface area contributed by atoms with Gasteiger partial charge in [0.2, 0.25) is 11.8 Å². The summed E-state index contributed by atoms with van der Waals surface area (Å²) >= 11 is 1.45. The van der Waals surface area contributed by atoms with Crippen LogP contribution >= 0.6 is 11.8 Å². The van der Waals surface area contributed by atoms with Crippen molar-refractivity contribution in [2.24, 2.45) is 7.05 Å². The maximum atomic E-state index is 12.1. The van der Waals surface area contributed by atoms with Crippen molar-refractivity contribution >= 4 is 40.0 Å². The second-order valence-electron chi connectivity index (χ2n) is 6.29. The molecule has 0 radical (unpaired) electrons. The number of benzene rings is 2. The molecule has 7 heteroatoms. The first kappa shape index (κ1) is 19.0. The van der Waals surface area contributed by atoms with E-state index in [1.807, 2.05) is 51.2 Å². The number of carbonyl (C=O) groups is 2. The fraction of sp³-hybridized carbons (Fsp3) is 0.250. The average Bonchev–Trinajstić information content (AvgIpc) is 2.90. The summed E-state index contributed by atoms with van der Waals surface area (Å²) in [4.78, 5) is 25.2. The van der Waals surface area contributed by atoms with Crippen LogP contribution in [0.2, 0.25) is 0 Å². The van der Waals surface area contributed by atoms with Crippen molar-refractivity contribution in [1.29, 1.82) is 0 Å². The molecule has 2 aromatic carbocycles. The Morgan fingerprint density at radius 3 is 2.52 bits per heavy atom. The minimum Gasteiger partial charge on any atom is -0.346 e. The molecule has 0 aliphatic heterocycles. The molecular weight excluding hydrogens is 360 g/mol. The van der Waals surface area contributed by atoms with Gasteiger partial charge in [-0.05, 0) is 36.8 Å². The molecule has 2 N–H and O–H groups in total. The van der Waals surface area contributed by atoms with E-state index < -0.39 is 0 Å². The number of nitrogens with zero attached hydrogens (tertiary/aromatic N) is 2. The topological polar surface area (TPSA) is 76.0 Å². The Morgan fingerprint density at radius 2 is 1.81 bits per heavy atom. The van der Waals surface area contributed by atoms with Gasteiger partial charge in [-0.25, -0.2) is 0 Å². The maximum Gasteiger partial charge on any atom is 0.243 e. The molecular formula is C20H22N4O2S. The van der Waals surface area contributed by atoms with Gasteiger partial charge in [-0.2, -0.15) is 5.10 Å². The van der Waals surface area contributed by atoms with Crippen molar-refractivity contribution in [3.05, 3.63) is 53.9 Å². The lowest BCUT2D eigenvalue weighted by molar-refractivity contribution is -0.122. The van der Waals surface area contributed by atoms with Gasteiger partial charge in [0.05, 0.1) is 29.4 Å². The van der Waals surface area contributed by atoms with Crippen LogP contribution in [-0.2, 0) is 16.6 Å². The number of carbonyl (C=O) groups excluding carboxylic acids is 2. The third-order valence-corrected chi connectivity index (χ3v) is 5.30. The van der Waals surface area contributed by atoms with Gasteiger partial charge in [0.1, 0.15) is 0 Å². The van der Waals surface area contributed by atoms with E-state index in [1.165, 1.54) is 17.1 Å². The van der Waals surface area contributed by atoms with E-state index in [1.54, 1.807) is 4.68 Å². The molecule has 0 fully saturated rings. The fourth-order valence-corrected chi connectivity index (χ4v) is 3.55. The summed E-state index contributed by atoms with van der Waals surface area (Å²) in [5.74, 6) is -0.183. The van der Waals surface area contributed by atoms with Gasteiger partial charge in [0, 0.05) is 11.9 Å². The van der Waals surface area contributed by atoms with Crippen molar-refractivity contribution in [2.45, 2.75) is 18.7 Å². The lowest BCUT2D eigenvalue weighted by atomic mass is 10.1. The predicted molar refractivity (Wildman–Crippen MR) is 109 cm³/mol. The van der Waals surface area contributed by atoms with Crippen LogP contribution in [0.5, 0.6) is 0 Å². The van der Waals surface area contributed by atoms with E-state index in [9.17, 15) is 9.59 Å². The highest BCUT2D eigenvalue weighted by molar-refractivity contribution is 8.00. The summed E-state index contributed by atoms with van der Waals surface area (Å²) in [6.07, 6.45) is 0. The van der Waals surface area contributed by atoms with Crippen LogP contribution in [0.1, 0.15) is 11.4 Å². The quantitative estimate of drug-likeness (QED) is 0.643. The molecule has 0 saturated heterocycles. The van der Waals surface area contributed by atoms with Crippen LogP contribution in [0.4, 0.5) is 5.69 Å². The zero-order chi connectivity index (χ0) is 19.4. The monoisotopic (exact) mass is 382 g/mol. The van der Waals surface area contributed by atoms with E-state index in [2.05, 4.69) is 27.9 Å². The number of hydrogen-bond acceptors (Lipinski definition) is 4. The van der Waals surface area contributed by atoms with Crippen LogP contribution in [0.25, 0.3) is 10.8 Å². The smallest absolute Gasteiger partial charge is 0.243 e. The molecule has 3 aromatic rings. The summed E-state index contributed by atoms with van der Waals surface area (Å²) in [6.45, 7) is 3.65. The van der Waals surface area contributed by atoms with E-state index in [0.717, 1.165) is 21.7 Å². The number of rotatable bonds is 6. The number of aryl methyl sites for hydroxylation is 2. The van der Waals surface area contributed by atoms with Crippen molar-refractivity contribution < 1.29 is 9.59 Å². The summed E-state index contributed by atoms with van der Waals surface area (Å²) in [5, 5.41) is 12.0. The number of hydrogen-bond donors (Lipinski definition) is 2. The van der Waals surface area contributed by atoms with Gasteiger partial charge in [-0.1, -0.05) is 30.3 Å². The Morgan fingerprint density at radius 1 is 1.07 bits per heavy atom. The van der Waals surface area contributed by atoms with Crippen LogP contribution in [0.15, 0.2) is 47.4 Å². The van der Waals surface area contributed by atoms with Crippen LogP contribution < -0.4 is 10.6 Å². The van der Waals surface area contributed by atoms with Crippen molar-refractivity contribution in [2.75, 3.05) is 17.6 Å². The molecule has 0 saturated carbocycles. The van der Waals surface area contributed by atoms with E-state index in [0.29, 0.717) is 5.69 Å². The fourth-order valence-electron chi connectivity index (χ4n) is 2.77. The molecule has 1 aromatic heterocycles. The molecule has 140 valence electrons. The number of anilines is 1. The highest BCUT2D eigenvalue weighted by atomic mass is 32.2. The standard InChI is InChI=1S/C20H22N4O2S/c1-13-20(14(2)24(3)23-13)22-18(25)11-21-19(26)12-27-17-9-8-15-6-4-5-7-16(15)10-17/h4-10H,11-12H2,1-3H3,(H,21,26)(H,22,25). The normalized spacial score (nSPS) is 10.8. The van der Waals surface area contributed by atoms with Crippen LogP contribution in [0.3, 0.4) is 0 Å². The van der Waals surface area contributed by atoms with Gasteiger partial charge in [0.15, 0.2) is 0 Å². The molecule has 1 heterocycles. The molecule has 0 aliphatic carbocycles. The molecule has 27 heavy (non-hydrogen) atoms. The molecule has 3 rings (SSSR count). The Kier molecular flexibility index (Phi) is 5.81. The third-order valence-electron chi connectivity index (χ3n) is 4.31. The van der Waals surface area contributed by atoms with E-state index >= 15 is 0 Å².